The minimum atomic E-state index is 0.0450. The smallest absolute Gasteiger partial charge is 0.226 e. The van der Waals surface area contributed by atoms with Gasteiger partial charge in [0.2, 0.25) is 5.91 Å². The van der Waals surface area contributed by atoms with Gasteiger partial charge in [0.05, 0.1) is 12.1 Å². The first kappa shape index (κ1) is 15.1. The van der Waals surface area contributed by atoms with E-state index in [1.807, 2.05) is 17.5 Å². The van der Waals surface area contributed by atoms with Crippen LogP contribution in [0, 0.1) is 5.92 Å². The number of rotatable bonds is 4. The predicted molar refractivity (Wildman–Crippen MR) is 87.6 cm³/mol. The van der Waals surface area contributed by atoms with Crippen LogP contribution in [0.4, 0.5) is 0 Å². The molecule has 0 radical (unpaired) electrons. The first-order chi connectivity index (χ1) is 10.7. The summed E-state index contributed by atoms with van der Waals surface area (Å²) in [4.78, 5) is 20.8. The number of piperidine rings is 1. The highest BCUT2D eigenvalue weighted by Crippen LogP contribution is 2.22. The molecule has 3 heterocycles. The van der Waals surface area contributed by atoms with Crippen molar-refractivity contribution in [3.05, 3.63) is 35.6 Å². The first-order valence-electron chi connectivity index (χ1n) is 7.57. The standard InChI is InChI=1S/C16H20N4OS/c1-11-4-6-18-9-14(11)20-15(21)7-13-10-22-16(19-13)12-3-2-5-17-8-12/h2-3,5,8,10-11,14,18H,4,6-7,9H2,1H3,(H,20,21). The maximum absolute atomic E-state index is 12.2. The average molecular weight is 316 g/mol. The summed E-state index contributed by atoms with van der Waals surface area (Å²) < 4.78 is 0. The predicted octanol–water partition coefficient (Wildman–Crippen LogP) is 1.86. The molecular formula is C16H20N4OS. The molecule has 0 aliphatic carbocycles. The number of hydrogen-bond acceptors (Lipinski definition) is 5. The molecule has 2 unspecified atom stereocenters. The Bertz CT molecular complexity index is 628. The van der Waals surface area contributed by atoms with Crippen molar-refractivity contribution in [1.29, 1.82) is 0 Å². The minimum Gasteiger partial charge on any atom is -0.351 e. The Labute approximate surface area is 134 Å². The number of pyridine rings is 1. The number of hydrogen-bond donors (Lipinski definition) is 2. The number of aromatic nitrogens is 2. The van der Waals surface area contributed by atoms with Gasteiger partial charge in [0.1, 0.15) is 5.01 Å². The third kappa shape index (κ3) is 3.69. The fraction of sp³-hybridized carbons (Fsp3) is 0.438. The highest BCUT2D eigenvalue weighted by molar-refractivity contribution is 7.13. The molecule has 116 valence electrons. The van der Waals surface area contributed by atoms with Gasteiger partial charge in [-0.15, -0.1) is 11.3 Å². The van der Waals surface area contributed by atoms with E-state index in [0.29, 0.717) is 12.3 Å². The molecule has 2 aromatic heterocycles. The SMILES string of the molecule is CC1CCNCC1NC(=O)Cc1csc(-c2cccnc2)n1. The summed E-state index contributed by atoms with van der Waals surface area (Å²) in [6.45, 7) is 4.08. The summed E-state index contributed by atoms with van der Waals surface area (Å²) in [5.74, 6) is 0.565. The molecule has 1 aliphatic heterocycles. The zero-order valence-electron chi connectivity index (χ0n) is 12.6. The van der Waals surface area contributed by atoms with Crippen LogP contribution in [0.1, 0.15) is 19.0 Å². The van der Waals surface area contributed by atoms with Gasteiger partial charge in [0, 0.05) is 35.9 Å². The van der Waals surface area contributed by atoms with E-state index in [0.717, 1.165) is 35.8 Å². The number of carbonyl (C=O) groups is 1. The molecule has 1 saturated heterocycles. The molecule has 0 aromatic carbocycles. The van der Waals surface area contributed by atoms with Crippen LogP contribution in [0.2, 0.25) is 0 Å². The fourth-order valence-corrected chi connectivity index (χ4v) is 3.43. The first-order valence-corrected chi connectivity index (χ1v) is 8.45. The molecule has 1 fully saturated rings. The molecule has 2 atom stereocenters. The summed E-state index contributed by atoms with van der Waals surface area (Å²) in [7, 11) is 0. The Hall–Kier alpha value is -1.79. The van der Waals surface area contributed by atoms with E-state index in [4.69, 9.17) is 0 Å². The van der Waals surface area contributed by atoms with Gasteiger partial charge in [-0.3, -0.25) is 9.78 Å². The van der Waals surface area contributed by atoms with Gasteiger partial charge in [-0.05, 0) is 31.0 Å². The lowest BCUT2D eigenvalue weighted by Gasteiger charge is -2.30. The lowest BCUT2D eigenvalue weighted by Crippen LogP contribution is -2.50. The number of nitrogens with zero attached hydrogens (tertiary/aromatic N) is 2. The molecule has 3 rings (SSSR count). The third-order valence-electron chi connectivity index (χ3n) is 3.98. The lowest BCUT2D eigenvalue weighted by atomic mass is 9.95. The van der Waals surface area contributed by atoms with Crippen molar-refractivity contribution in [3.8, 4) is 10.6 Å². The largest absolute Gasteiger partial charge is 0.351 e. The number of amides is 1. The van der Waals surface area contributed by atoms with Crippen molar-refractivity contribution >= 4 is 17.2 Å². The zero-order valence-corrected chi connectivity index (χ0v) is 13.4. The van der Waals surface area contributed by atoms with Crippen LogP contribution in [0.5, 0.6) is 0 Å². The summed E-state index contributed by atoms with van der Waals surface area (Å²) in [5, 5.41) is 9.30. The molecular weight excluding hydrogens is 296 g/mol. The van der Waals surface area contributed by atoms with E-state index in [2.05, 4.69) is 27.5 Å². The van der Waals surface area contributed by atoms with Crippen molar-refractivity contribution < 1.29 is 4.79 Å². The van der Waals surface area contributed by atoms with Gasteiger partial charge in [0.25, 0.3) is 0 Å². The molecule has 22 heavy (non-hydrogen) atoms. The van der Waals surface area contributed by atoms with Gasteiger partial charge >= 0.3 is 0 Å². The Balaban J connectivity index is 1.59. The summed E-state index contributed by atoms with van der Waals surface area (Å²) >= 11 is 1.55. The van der Waals surface area contributed by atoms with Crippen LogP contribution in [0.3, 0.4) is 0 Å². The number of nitrogens with one attached hydrogen (secondary N) is 2. The van der Waals surface area contributed by atoms with E-state index in [9.17, 15) is 4.79 Å². The fourth-order valence-electron chi connectivity index (χ4n) is 2.62. The van der Waals surface area contributed by atoms with E-state index < -0.39 is 0 Å². The highest BCUT2D eigenvalue weighted by Gasteiger charge is 2.22. The molecule has 1 aliphatic rings. The number of carbonyl (C=O) groups excluding carboxylic acids is 1. The molecule has 2 aromatic rings. The molecule has 5 nitrogen and oxygen atoms in total. The van der Waals surface area contributed by atoms with Crippen LogP contribution in [0.25, 0.3) is 10.6 Å². The summed E-state index contributed by atoms with van der Waals surface area (Å²) in [6, 6.07) is 4.09. The molecule has 6 heteroatoms. The summed E-state index contributed by atoms with van der Waals surface area (Å²) in [5.41, 5.74) is 1.81. The van der Waals surface area contributed by atoms with Crippen molar-refractivity contribution in [1.82, 2.24) is 20.6 Å². The van der Waals surface area contributed by atoms with E-state index in [-0.39, 0.29) is 11.9 Å². The summed E-state index contributed by atoms with van der Waals surface area (Å²) in [6.07, 6.45) is 4.97. The Morgan fingerprint density at radius 3 is 3.23 bits per heavy atom. The monoisotopic (exact) mass is 316 g/mol. The Morgan fingerprint density at radius 2 is 2.45 bits per heavy atom. The second-order valence-corrected chi connectivity index (χ2v) is 6.56. The second kappa shape index (κ2) is 6.98. The zero-order chi connectivity index (χ0) is 15.4. The molecule has 1 amide bonds. The normalized spacial score (nSPS) is 21.5. The van der Waals surface area contributed by atoms with Gasteiger partial charge in [0.15, 0.2) is 0 Å². The van der Waals surface area contributed by atoms with E-state index >= 15 is 0 Å². The Kier molecular flexibility index (Phi) is 4.80. The van der Waals surface area contributed by atoms with Crippen molar-refractivity contribution in [2.24, 2.45) is 5.92 Å². The second-order valence-electron chi connectivity index (χ2n) is 5.71. The van der Waals surface area contributed by atoms with Crippen molar-refractivity contribution in [2.45, 2.75) is 25.8 Å². The maximum Gasteiger partial charge on any atom is 0.226 e. The molecule has 0 saturated carbocycles. The van der Waals surface area contributed by atoms with Crippen molar-refractivity contribution in [2.75, 3.05) is 13.1 Å². The van der Waals surface area contributed by atoms with Gasteiger partial charge in [-0.25, -0.2) is 4.98 Å². The van der Waals surface area contributed by atoms with Crippen LogP contribution in [-0.2, 0) is 11.2 Å². The van der Waals surface area contributed by atoms with Crippen LogP contribution >= 0.6 is 11.3 Å². The Morgan fingerprint density at radius 1 is 1.55 bits per heavy atom. The van der Waals surface area contributed by atoms with Gasteiger partial charge in [-0.2, -0.15) is 0 Å². The lowest BCUT2D eigenvalue weighted by molar-refractivity contribution is -0.121. The van der Waals surface area contributed by atoms with Gasteiger partial charge < -0.3 is 10.6 Å². The van der Waals surface area contributed by atoms with Crippen molar-refractivity contribution in [3.63, 3.8) is 0 Å². The number of thiazole rings is 1. The third-order valence-corrected chi connectivity index (χ3v) is 4.92. The quantitative estimate of drug-likeness (QED) is 0.903. The molecule has 0 bridgehead atoms. The van der Waals surface area contributed by atoms with E-state index in [1.54, 1.807) is 23.7 Å². The van der Waals surface area contributed by atoms with Crippen LogP contribution in [-0.4, -0.2) is 35.0 Å². The van der Waals surface area contributed by atoms with Gasteiger partial charge in [-0.1, -0.05) is 6.92 Å². The average Bonchev–Trinajstić information content (AvgIpc) is 2.99. The molecule has 0 spiro atoms. The van der Waals surface area contributed by atoms with Crippen LogP contribution < -0.4 is 10.6 Å². The molecule has 2 N–H and O–H groups in total. The topological polar surface area (TPSA) is 66.9 Å². The highest BCUT2D eigenvalue weighted by atomic mass is 32.1. The minimum absolute atomic E-state index is 0.0450. The van der Waals surface area contributed by atoms with Crippen LogP contribution in [0.15, 0.2) is 29.9 Å². The maximum atomic E-state index is 12.2. The van der Waals surface area contributed by atoms with E-state index in [1.165, 1.54) is 0 Å².